The molecule has 0 N–H and O–H groups in total. The van der Waals surface area contributed by atoms with Crippen LogP contribution >= 0.6 is 0 Å². The van der Waals surface area contributed by atoms with E-state index in [2.05, 4.69) is 0 Å². The minimum absolute atomic E-state index is 0.0221. The lowest BCUT2D eigenvalue weighted by Gasteiger charge is -2.15. The van der Waals surface area contributed by atoms with Crippen molar-refractivity contribution in [1.29, 1.82) is 0 Å². The molecule has 0 saturated carbocycles. The molecule has 4 heteroatoms. The van der Waals surface area contributed by atoms with Gasteiger partial charge in [-0.05, 0) is 12.1 Å². The van der Waals surface area contributed by atoms with E-state index in [4.69, 9.17) is 9.47 Å². The molecule has 14 heavy (non-hydrogen) atoms. The molecule has 78 valence electrons. The van der Waals surface area contributed by atoms with E-state index in [1.165, 1.54) is 0 Å². The first kappa shape index (κ1) is 10.9. The molecule has 0 amide bonds. The molecule has 1 rings (SSSR count). The van der Waals surface area contributed by atoms with Gasteiger partial charge in [-0.25, -0.2) is 0 Å². The smallest absolute Gasteiger partial charge is 0.166 e. The first-order chi connectivity index (χ1) is 6.81. The van der Waals surface area contributed by atoms with Gasteiger partial charge in [-0.15, -0.1) is 0 Å². The second-order valence-corrected chi connectivity index (χ2v) is 3.02. The zero-order valence-corrected chi connectivity index (χ0v) is 8.47. The molecule has 1 aromatic heterocycles. The number of carbonyl (C=O) groups is 1. The third-order valence-corrected chi connectivity index (χ3v) is 2.07. The van der Waals surface area contributed by atoms with Crippen LogP contribution in [0, 0.1) is 0 Å². The number of rotatable bonds is 6. The Morgan fingerprint density at radius 3 is 2.93 bits per heavy atom. The van der Waals surface area contributed by atoms with E-state index < -0.39 is 0 Å². The average Bonchev–Trinajstić information content (AvgIpc) is 2.64. The third-order valence-electron chi connectivity index (χ3n) is 2.07. The fourth-order valence-corrected chi connectivity index (χ4v) is 1.30. The van der Waals surface area contributed by atoms with E-state index in [1.807, 2.05) is 16.8 Å². The lowest BCUT2D eigenvalue weighted by atomic mass is 10.3. The molecule has 1 aromatic rings. The summed E-state index contributed by atoms with van der Waals surface area (Å²) in [6.45, 7) is 1.15. The molecule has 0 aliphatic heterocycles. The molecule has 0 bridgehead atoms. The third kappa shape index (κ3) is 2.68. The Labute approximate surface area is 83.4 Å². The van der Waals surface area contributed by atoms with E-state index in [0.29, 0.717) is 18.8 Å². The SMILES string of the molecule is COCC(Cn1cccc1C=O)OC. The number of nitrogens with zero attached hydrogens (tertiary/aromatic N) is 1. The molecule has 0 saturated heterocycles. The van der Waals surface area contributed by atoms with Gasteiger partial charge in [0.05, 0.1) is 24.9 Å². The molecule has 0 aliphatic rings. The summed E-state index contributed by atoms with van der Waals surface area (Å²) in [5, 5.41) is 0. The van der Waals surface area contributed by atoms with Gasteiger partial charge in [-0.3, -0.25) is 4.79 Å². The number of hydrogen-bond acceptors (Lipinski definition) is 3. The minimum Gasteiger partial charge on any atom is -0.382 e. The quantitative estimate of drug-likeness (QED) is 0.638. The largest absolute Gasteiger partial charge is 0.382 e. The zero-order valence-electron chi connectivity index (χ0n) is 8.47. The summed E-state index contributed by atoms with van der Waals surface area (Å²) in [7, 11) is 3.26. The van der Waals surface area contributed by atoms with Crippen molar-refractivity contribution in [3.05, 3.63) is 24.0 Å². The van der Waals surface area contributed by atoms with Crippen molar-refractivity contribution in [1.82, 2.24) is 4.57 Å². The summed E-state index contributed by atoms with van der Waals surface area (Å²) >= 11 is 0. The van der Waals surface area contributed by atoms with E-state index in [-0.39, 0.29) is 6.10 Å². The minimum atomic E-state index is -0.0221. The van der Waals surface area contributed by atoms with Crippen LogP contribution in [0.3, 0.4) is 0 Å². The number of carbonyl (C=O) groups excluding carboxylic acids is 1. The lowest BCUT2D eigenvalue weighted by molar-refractivity contribution is 0.0181. The Kier molecular flexibility index (Phi) is 4.35. The summed E-state index contributed by atoms with van der Waals surface area (Å²) in [4.78, 5) is 10.6. The Balaban J connectivity index is 2.61. The highest BCUT2D eigenvalue weighted by Gasteiger charge is 2.09. The zero-order chi connectivity index (χ0) is 10.4. The molecule has 0 aromatic carbocycles. The van der Waals surface area contributed by atoms with Gasteiger partial charge in [0.15, 0.2) is 6.29 Å². The number of aldehydes is 1. The Morgan fingerprint density at radius 2 is 2.36 bits per heavy atom. The molecule has 1 atom stereocenters. The summed E-state index contributed by atoms with van der Waals surface area (Å²) < 4.78 is 12.0. The monoisotopic (exact) mass is 197 g/mol. The maximum atomic E-state index is 10.6. The predicted octanol–water partition coefficient (Wildman–Crippen LogP) is 0.962. The number of methoxy groups -OCH3 is 2. The van der Waals surface area contributed by atoms with Crippen LogP contribution in [0.1, 0.15) is 10.5 Å². The van der Waals surface area contributed by atoms with Crippen LogP contribution in [-0.4, -0.2) is 37.8 Å². The van der Waals surface area contributed by atoms with Crippen LogP contribution in [0.25, 0.3) is 0 Å². The molecule has 0 spiro atoms. The highest BCUT2D eigenvalue weighted by atomic mass is 16.5. The van der Waals surface area contributed by atoms with Crippen molar-refractivity contribution in [3.63, 3.8) is 0 Å². The molecular formula is C10H15NO3. The topological polar surface area (TPSA) is 40.5 Å². The predicted molar refractivity (Wildman–Crippen MR) is 52.5 cm³/mol. The van der Waals surface area contributed by atoms with Crippen LogP contribution < -0.4 is 0 Å². The number of hydrogen-bond donors (Lipinski definition) is 0. The second kappa shape index (κ2) is 5.57. The van der Waals surface area contributed by atoms with Crippen molar-refractivity contribution >= 4 is 6.29 Å². The van der Waals surface area contributed by atoms with Crippen LogP contribution in [-0.2, 0) is 16.0 Å². The second-order valence-electron chi connectivity index (χ2n) is 3.02. The van der Waals surface area contributed by atoms with Crippen LogP contribution in [0.2, 0.25) is 0 Å². The van der Waals surface area contributed by atoms with Crippen LogP contribution in [0.5, 0.6) is 0 Å². The molecule has 0 aliphatic carbocycles. The summed E-state index contributed by atoms with van der Waals surface area (Å²) in [6, 6.07) is 3.61. The van der Waals surface area contributed by atoms with Gasteiger partial charge in [0, 0.05) is 20.4 Å². The van der Waals surface area contributed by atoms with E-state index >= 15 is 0 Å². The van der Waals surface area contributed by atoms with Gasteiger partial charge in [0.1, 0.15) is 0 Å². The van der Waals surface area contributed by atoms with Gasteiger partial charge in [-0.1, -0.05) is 0 Å². The molecule has 1 unspecified atom stereocenters. The highest BCUT2D eigenvalue weighted by molar-refractivity contribution is 5.72. The van der Waals surface area contributed by atoms with Crippen LogP contribution in [0.4, 0.5) is 0 Å². The Morgan fingerprint density at radius 1 is 1.57 bits per heavy atom. The van der Waals surface area contributed by atoms with Gasteiger partial charge in [-0.2, -0.15) is 0 Å². The van der Waals surface area contributed by atoms with Gasteiger partial charge in [0.25, 0.3) is 0 Å². The van der Waals surface area contributed by atoms with Gasteiger partial charge in [0.2, 0.25) is 0 Å². The summed E-state index contributed by atoms with van der Waals surface area (Å²) in [5.41, 5.74) is 0.656. The maximum Gasteiger partial charge on any atom is 0.166 e. The fourth-order valence-electron chi connectivity index (χ4n) is 1.30. The van der Waals surface area contributed by atoms with Gasteiger partial charge < -0.3 is 14.0 Å². The molecular weight excluding hydrogens is 182 g/mol. The maximum absolute atomic E-state index is 10.6. The molecule has 1 heterocycles. The number of aromatic nitrogens is 1. The number of ether oxygens (including phenoxy) is 2. The average molecular weight is 197 g/mol. The van der Waals surface area contributed by atoms with E-state index in [9.17, 15) is 4.79 Å². The molecule has 0 radical (unpaired) electrons. The van der Waals surface area contributed by atoms with Crippen molar-refractivity contribution in [2.24, 2.45) is 0 Å². The first-order valence-corrected chi connectivity index (χ1v) is 4.44. The summed E-state index contributed by atoms with van der Waals surface area (Å²) in [6.07, 6.45) is 2.66. The summed E-state index contributed by atoms with van der Waals surface area (Å²) in [5.74, 6) is 0. The molecule has 0 fully saturated rings. The van der Waals surface area contributed by atoms with Crippen molar-refractivity contribution in [2.75, 3.05) is 20.8 Å². The van der Waals surface area contributed by atoms with Crippen molar-refractivity contribution in [2.45, 2.75) is 12.6 Å². The van der Waals surface area contributed by atoms with Crippen molar-refractivity contribution in [3.8, 4) is 0 Å². The highest BCUT2D eigenvalue weighted by Crippen LogP contribution is 2.03. The first-order valence-electron chi connectivity index (χ1n) is 4.44. The molecule has 4 nitrogen and oxygen atoms in total. The Bertz CT molecular complexity index is 283. The van der Waals surface area contributed by atoms with Gasteiger partial charge >= 0.3 is 0 Å². The fraction of sp³-hybridized carbons (Fsp3) is 0.500. The van der Waals surface area contributed by atoms with E-state index in [1.54, 1.807) is 20.3 Å². The normalized spacial score (nSPS) is 12.7. The van der Waals surface area contributed by atoms with Crippen molar-refractivity contribution < 1.29 is 14.3 Å². The Hall–Kier alpha value is -1.13. The van der Waals surface area contributed by atoms with Crippen LogP contribution in [0.15, 0.2) is 18.3 Å². The lowest BCUT2D eigenvalue weighted by Crippen LogP contribution is -2.24. The van der Waals surface area contributed by atoms with E-state index in [0.717, 1.165) is 6.29 Å². The standard InChI is InChI=1S/C10H15NO3/c1-13-8-10(14-2)6-11-5-3-4-9(11)7-12/h3-5,7,10H,6,8H2,1-2H3.